The zero-order valence-corrected chi connectivity index (χ0v) is 22.0. The molecular weight excluding hydrogens is 461 g/mol. The minimum absolute atomic E-state index is 0. The summed E-state index contributed by atoms with van der Waals surface area (Å²) in [6, 6.07) is 17.6. The molecule has 10 heteroatoms. The maximum Gasteiger partial charge on any atom is 1.00 e. The van der Waals surface area contributed by atoms with Crippen LogP contribution >= 0.6 is 0 Å². The fourth-order valence-electron chi connectivity index (χ4n) is 3.73. The topological polar surface area (TPSA) is 139 Å². The van der Waals surface area contributed by atoms with Gasteiger partial charge in [0.25, 0.3) is 11.8 Å². The molecule has 0 saturated heterocycles. The summed E-state index contributed by atoms with van der Waals surface area (Å²) < 4.78 is 0. The Kier molecular flexibility index (Phi) is 9.64. The summed E-state index contributed by atoms with van der Waals surface area (Å²) in [5, 5.41) is 25.6. The van der Waals surface area contributed by atoms with Crippen molar-refractivity contribution in [3.05, 3.63) is 71.5 Å². The van der Waals surface area contributed by atoms with Crippen LogP contribution in [0.3, 0.4) is 0 Å². The number of aliphatic carboxylic acids is 1. The quantitative estimate of drug-likeness (QED) is 0.282. The number of aliphatic hydroxyl groups is 1. The molecule has 35 heavy (non-hydrogen) atoms. The van der Waals surface area contributed by atoms with E-state index in [1.165, 1.54) is 4.90 Å². The third-order valence-electron chi connectivity index (χ3n) is 5.55. The number of nitrogens with one attached hydrogen (secondary N) is 2. The standard InChI is InChI=1S/C25H27N3O6.Na/c1-25(2)12-19(29)22(23(33)27-14-21(31)32)24(34)28(25)15-20(30)26-13-16-8-10-18(11-9-16)17-6-4-3-5-7-17;/h3-11,29H,12-15H2,1-2H3,(H,26,30)(H,27,33)(H,31,32);/q;+1/p-1. The monoisotopic (exact) mass is 487 g/mol. The zero-order valence-electron chi connectivity index (χ0n) is 20.0. The van der Waals surface area contributed by atoms with E-state index in [-0.39, 0.29) is 49.1 Å². The van der Waals surface area contributed by atoms with Crippen molar-refractivity contribution in [2.75, 3.05) is 13.1 Å². The second-order valence-electron chi connectivity index (χ2n) is 8.60. The molecule has 1 heterocycles. The van der Waals surface area contributed by atoms with Gasteiger partial charge in [0, 0.05) is 18.5 Å². The Morgan fingerprint density at radius 1 is 1.00 bits per heavy atom. The van der Waals surface area contributed by atoms with Gasteiger partial charge in [0.1, 0.15) is 17.9 Å². The summed E-state index contributed by atoms with van der Waals surface area (Å²) in [7, 11) is 0. The molecule has 0 aliphatic carbocycles. The van der Waals surface area contributed by atoms with E-state index in [1.54, 1.807) is 13.8 Å². The van der Waals surface area contributed by atoms with Gasteiger partial charge in [-0.2, -0.15) is 0 Å². The molecule has 3 rings (SSSR count). The van der Waals surface area contributed by atoms with Crippen molar-refractivity contribution in [2.45, 2.75) is 32.4 Å². The Hall–Kier alpha value is -3.14. The van der Waals surface area contributed by atoms with Gasteiger partial charge in [0.05, 0.1) is 12.5 Å². The molecule has 178 valence electrons. The van der Waals surface area contributed by atoms with Crippen LogP contribution < -0.4 is 45.3 Å². The molecule has 0 spiro atoms. The first-order valence-corrected chi connectivity index (χ1v) is 10.7. The number of amides is 3. The van der Waals surface area contributed by atoms with E-state index in [9.17, 15) is 29.4 Å². The largest absolute Gasteiger partial charge is 1.00 e. The molecule has 3 amide bonds. The van der Waals surface area contributed by atoms with Crippen LogP contribution in [0.4, 0.5) is 0 Å². The van der Waals surface area contributed by atoms with Crippen LogP contribution in [0.1, 0.15) is 25.8 Å². The van der Waals surface area contributed by atoms with Crippen LogP contribution in [0.2, 0.25) is 0 Å². The van der Waals surface area contributed by atoms with Crippen LogP contribution in [-0.4, -0.2) is 52.3 Å². The molecule has 2 aromatic rings. The van der Waals surface area contributed by atoms with Crippen molar-refractivity contribution in [3.63, 3.8) is 0 Å². The molecule has 1 aliphatic rings. The van der Waals surface area contributed by atoms with Crippen LogP contribution in [0.5, 0.6) is 0 Å². The second kappa shape index (κ2) is 12.0. The van der Waals surface area contributed by atoms with E-state index < -0.39 is 47.1 Å². The van der Waals surface area contributed by atoms with E-state index >= 15 is 0 Å². The van der Waals surface area contributed by atoms with Crippen LogP contribution in [-0.2, 0) is 25.7 Å². The third-order valence-corrected chi connectivity index (χ3v) is 5.55. The van der Waals surface area contributed by atoms with Crippen LogP contribution in [0.25, 0.3) is 11.1 Å². The van der Waals surface area contributed by atoms with Crippen molar-refractivity contribution in [1.29, 1.82) is 0 Å². The molecular formula is C25H26N3NaO6. The van der Waals surface area contributed by atoms with Gasteiger partial charge in [-0.1, -0.05) is 54.6 Å². The predicted octanol–water partition coefficient (Wildman–Crippen LogP) is -2.34. The van der Waals surface area contributed by atoms with Crippen molar-refractivity contribution in [3.8, 4) is 11.1 Å². The van der Waals surface area contributed by atoms with Crippen LogP contribution in [0, 0.1) is 0 Å². The van der Waals surface area contributed by atoms with Gasteiger partial charge in [-0.05, 0) is 30.5 Å². The van der Waals surface area contributed by atoms with E-state index in [1.807, 2.05) is 59.9 Å². The molecule has 0 radical (unpaired) electrons. The third kappa shape index (κ3) is 7.17. The maximum atomic E-state index is 12.9. The van der Waals surface area contributed by atoms with E-state index in [4.69, 9.17) is 0 Å². The number of benzene rings is 2. The van der Waals surface area contributed by atoms with Gasteiger partial charge in [0.2, 0.25) is 5.91 Å². The zero-order chi connectivity index (χ0) is 24.9. The fraction of sp³-hybridized carbons (Fsp3) is 0.280. The molecule has 0 atom stereocenters. The molecule has 0 bridgehead atoms. The average Bonchev–Trinajstić information content (AvgIpc) is 2.79. The SMILES string of the molecule is CC1(C)CC(O)=C(C(=O)NCC(=O)[O-])C(=O)N1CC(=O)NCc1ccc(-c2ccccc2)cc1.[Na+]. The number of carboxylic acid groups (broad SMARTS) is 1. The fourth-order valence-corrected chi connectivity index (χ4v) is 3.73. The normalized spacial score (nSPS) is 14.7. The Balaban J connectivity index is 0.00000432. The number of carbonyl (C=O) groups is 4. The Bertz CT molecular complexity index is 1130. The maximum absolute atomic E-state index is 12.9. The minimum atomic E-state index is -1.54. The Morgan fingerprint density at radius 3 is 2.20 bits per heavy atom. The van der Waals surface area contributed by atoms with Gasteiger partial charge >= 0.3 is 29.6 Å². The molecule has 9 nitrogen and oxygen atoms in total. The van der Waals surface area contributed by atoms with Gasteiger partial charge in [-0.15, -0.1) is 0 Å². The van der Waals surface area contributed by atoms with Crippen molar-refractivity contribution >= 4 is 23.7 Å². The minimum Gasteiger partial charge on any atom is -0.548 e. The van der Waals surface area contributed by atoms with Crippen molar-refractivity contribution < 1.29 is 58.9 Å². The summed E-state index contributed by atoms with van der Waals surface area (Å²) in [5.41, 5.74) is 1.49. The van der Waals surface area contributed by atoms with Gasteiger partial charge in [0.15, 0.2) is 0 Å². The number of nitrogens with zero attached hydrogens (tertiary/aromatic N) is 1. The first kappa shape index (κ1) is 28.1. The summed E-state index contributed by atoms with van der Waals surface area (Å²) in [5.74, 6) is -4.33. The summed E-state index contributed by atoms with van der Waals surface area (Å²) in [4.78, 5) is 49.5. The molecule has 3 N–H and O–H groups in total. The van der Waals surface area contributed by atoms with Gasteiger partial charge in [-0.25, -0.2) is 0 Å². The number of hydrogen-bond donors (Lipinski definition) is 3. The molecule has 0 aromatic heterocycles. The van der Waals surface area contributed by atoms with Crippen molar-refractivity contribution in [1.82, 2.24) is 15.5 Å². The first-order valence-electron chi connectivity index (χ1n) is 10.7. The van der Waals surface area contributed by atoms with Gasteiger partial charge in [-0.3, -0.25) is 14.4 Å². The van der Waals surface area contributed by atoms with Gasteiger partial charge < -0.3 is 30.5 Å². The smallest absolute Gasteiger partial charge is 0.548 e. The first-order chi connectivity index (χ1) is 16.1. The van der Waals surface area contributed by atoms with E-state index in [2.05, 4.69) is 5.32 Å². The van der Waals surface area contributed by atoms with E-state index in [0.717, 1.165) is 16.7 Å². The summed E-state index contributed by atoms with van der Waals surface area (Å²) in [6.45, 7) is 2.42. The number of carbonyl (C=O) groups excluding carboxylic acids is 4. The summed E-state index contributed by atoms with van der Waals surface area (Å²) in [6.07, 6.45) is -0.0684. The number of hydrogen-bond acceptors (Lipinski definition) is 6. The summed E-state index contributed by atoms with van der Waals surface area (Å²) >= 11 is 0. The Labute approximate surface area is 225 Å². The molecule has 0 unspecified atom stereocenters. The molecule has 2 aromatic carbocycles. The predicted molar refractivity (Wildman–Crippen MR) is 122 cm³/mol. The van der Waals surface area contributed by atoms with Crippen LogP contribution in [0.15, 0.2) is 65.9 Å². The molecule has 0 saturated carbocycles. The average molecular weight is 487 g/mol. The second-order valence-corrected chi connectivity index (χ2v) is 8.60. The number of aliphatic hydroxyl groups excluding tert-OH is 1. The Morgan fingerprint density at radius 2 is 1.60 bits per heavy atom. The number of carboxylic acids is 1. The van der Waals surface area contributed by atoms with E-state index in [0.29, 0.717) is 0 Å². The number of rotatable bonds is 8. The van der Waals surface area contributed by atoms with Crippen molar-refractivity contribution in [2.24, 2.45) is 0 Å². The molecule has 0 fully saturated rings. The molecule has 1 aliphatic heterocycles.